The van der Waals surface area contributed by atoms with Gasteiger partial charge in [0.15, 0.2) is 11.6 Å². The van der Waals surface area contributed by atoms with Crippen LogP contribution in [0.4, 0.5) is 0 Å². The Kier molecular flexibility index (Phi) is 18.6. The quantitative estimate of drug-likeness (QED) is 0.152. The van der Waals surface area contributed by atoms with Gasteiger partial charge in [0.25, 0.3) is 0 Å². The fourth-order valence-corrected chi connectivity index (χ4v) is 8.02. The molecule has 4 heterocycles. The third-order valence-corrected chi connectivity index (χ3v) is 12.5. The van der Waals surface area contributed by atoms with Crippen molar-refractivity contribution in [2.24, 2.45) is 0 Å². The standard InChI is InChI=1S/C24H31N3O4.C19H23N3O3.C5H9ClO/c1-5-6-7-22(29)31-16(2)20-13-18-17(15-26-20)12-21(28)19(14-25)23(18)27-10-8-24(3,30-4)9-11-27;1-12(23)16-9-14-13(11-21-16)8-17(24)15(10-20)18(14)22-6-4-19(2,25-3)5-7-22;1-2-3-4-5(6)7/h13,15-16H,5-12H2,1-4H3;9,11-12,23H,4-8H2,1-3H3;2-4H2,1H3. The lowest BCUT2D eigenvalue weighted by Gasteiger charge is -2.41. The Morgan fingerprint density at radius 2 is 1.19 bits per heavy atom. The van der Waals surface area contributed by atoms with Crippen molar-refractivity contribution in [3.8, 4) is 12.1 Å². The minimum Gasteiger partial charge on any atom is -0.456 e. The number of methoxy groups -OCH3 is 2. The highest BCUT2D eigenvalue weighted by Crippen LogP contribution is 2.39. The van der Waals surface area contributed by atoms with Gasteiger partial charge in [0.2, 0.25) is 5.24 Å². The van der Waals surface area contributed by atoms with Crippen LogP contribution in [0.3, 0.4) is 0 Å². The molecule has 14 nitrogen and oxygen atoms in total. The molecule has 2 aromatic heterocycles. The highest BCUT2D eigenvalue weighted by Gasteiger charge is 2.37. The number of hydrogen-bond acceptors (Lipinski definition) is 14. The Bertz CT molecular complexity index is 2140. The Morgan fingerprint density at radius 1 is 0.778 bits per heavy atom. The SMILES string of the molecule is CCCCC(=O)Cl.CCCCC(=O)OC(C)c1cc2c(cn1)CC(=O)C(C#N)=C2N1CCC(C)(OC)CC1.COC1(C)CCN(C2=C(C#N)C(=O)Cc3cnc(C(C)O)cc32)CC1. The normalized spacial score (nSPS) is 18.6. The van der Waals surface area contributed by atoms with E-state index in [2.05, 4.69) is 45.8 Å². The molecule has 2 aliphatic heterocycles. The third-order valence-electron chi connectivity index (χ3n) is 12.4. The highest BCUT2D eigenvalue weighted by atomic mass is 35.5. The van der Waals surface area contributed by atoms with Crippen molar-refractivity contribution in [1.82, 2.24) is 19.8 Å². The number of nitriles is 2. The number of hydrogen-bond donors (Lipinski definition) is 1. The van der Waals surface area contributed by atoms with Gasteiger partial charge in [-0.15, -0.1) is 0 Å². The molecule has 15 heteroatoms. The zero-order valence-corrected chi connectivity index (χ0v) is 38.9. The van der Waals surface area contributed by atoms with Crippen LogP contribution in [0.2, 0.25) is 0 Å². The van der Waals surface area contributed by atoms with E-state index in [4.69, 9.17) is 25.8 Å². The van der Waals surface area contributed by atoms with Crippen LogP contribution in [-0.2, 0) is 46.2 Å². The Hall–Kier alpha value is -4.99. The average Bonchev–Trinajstić information content (AvgIpc) is 3.27. The first-order valence-corrected chi connectivity index (χ1v) is 22.3. The molecule has 0 spiro atoms. The molecule has 63 heavy (non-hydrogen) atoms. The van der Waals surface area contributed by atoms with E-state index in [9.17, 15) is 34.8 Å². The summed E-state index contributed by atoms with van der Waals surface area (Å²) in [5, 5.41) is 29.0. The second kappa shape index (κ2) is 23.1. The number of ketones is 2. The molecule has 0 saturated carbocycles. The van der Waals surface area contributed by atoms with Crippen LogP contribution >= 0.6 is 11.6 Å². The molecule has 2 saturated heterocycles. The molecule has 2 fully saturated rings. The summed E-state index contributed by atoms with van der Waals surface area (Å²) < 4.78 is 16.8. The van der Waals surface area contributed by atoms with Gasteiger partial charge in [0, 0.05) is 89.6 Å². The number of Topliss-reactive ketones (excluding diaryl/α,β-unsaturated/α-hetero) is 2. The number of aromatic nitrogens is 2. The van der Waals surface area contributed by atoms with Crippen molar-refractivity contribution in [2.75, 3.05) is 40.4 Å². The number of nitrogens with zero attached hydrogens (tertiary/aromatic N) is 6. The predicted molar refractivity (Wildman–Crippen MR) is 238 cm³/mol. The maximum Gasteiger partial charge on any atom is 0.306 e. The number of likely N-dealkylation sites (tertiary alicyclic amines) is 2. The monoisotopic (exact) mass is 886 g/mol. The van der Waals surface area contributed by atoms with E-state index in [-0.39, 0.29) is 58.0 Å². The molecular weight excluding hydrogens is 824 g/mol. The molecule has 6 rings (SSSR count). The first kappa shape index (κ1) is 50.7. The van der Waals surface area contributed by atoms with E-state index in [0.717, 1.165) is 73.6 Å². The van der Waals surface area contributed by atoms with Gasteiger partial charge in [-0.05, 0) is 101 Å². The number of carbonyl (C=O) groups is 4. The van der Waals surface area contributed by atoms with Gasteiger partial charge in [-0.25, -0.2) is 0 Å². The van der Waals surface area contributed by atoms with Crippen molar-refractivity contribution in [3.05, 3.63) is 69.3 Å². The second-order valence-corrected chi connectivity index (χ2v) is 17.5. The number of allylic oxidation sites excluding steroid dienone is 2. The number of unbranched alkanes of at least 4 members (excludes halogenated alkanes) is 2. The summed E-state index contributed by atoms with van der Waals surface area (Å²) >= 11 is 5.02. The van der Waals surface area contributed by atoms with Gasteiger partial charge >= 0.3 is 5.97 Å². The second-order valence-electron chi connectivity index (χ2n) is 17.1. The number of carbonyl (C=O) groups excluding carboxylic acids is 4. The number of rotatable bonds is 13. The van der Waals surface area contributed by atoms with Crippen molar-refractivity contribution >= 4 is 45.8 Å². The third kappa shape index (κ3) is 13.0. The van der Waals surface area contributed by atoms with Gasteiger partial charge in [-0.3, -0.25) is 29.1 Å². The maximum atomic E-state index is 12.7. The summed E-state index contributed by atoms with van der Waals surface area (Å²) in [5.74, 6) is -0.595. The lowest BCUT2D eigenvalue weighted by Crippen LogP contribution is -2.43. The lowest BCUT2D eigenvalue weighted by atomic mass is 9.86. The summed E-state index contributed by atoms with van der Waals surface area (Å²) in [5.41, 5.74) is 5.81. The van der Waals surface area contributed by atoms with Crippen LogP contribution in [0.25, 0.3) is 11.4 Å². The zero-order chi connectivity index (χ0) is 46.5. The maximum absolute atomic E-state index is 12.7. The predicted octanol–water partition coefficient (Wildman–Crippen LogP) is 7.67. The molecule has 0 bridgehead atoms. The van der Waals surface area contributed by atoms with E-state index in [1.807, 2.05) is 26.0 Å². The number of esters is 1. The van der Waals surface area contributed by atoms with Crippen LogP contribution < -0.4 is 0 Å². The van der Waals surface area contributed by atoms with Crippen molar-refractivity contribution in [3.63, 3.8) is 0 Å². The highest BCUT2D eigenvalue weighted by molar-refractivity contribution is 6.63. The minimum absolute atomic E-state index is 0.156. The molecule has 1 N–H and O–H groups in total. The Balaban J connectivity index is 0.000000244. The number of ether oxygens (including phenoxy) is 3. The van der Waals surface area contributed by atoms with Crippen LogP contribution in [0.1, 0.15) is 152 Å². The molecule has 0 amide bonds. The lowest BCUT2D eigenvalue weighted by molar-refractivity contribution is -0.149. The van der Waals surface area contributed by atoms with Crippen molar-refractivity contribution < 1.29 is 38.5 Å². The summed E-state index contributed by atoms with van der Waals surface area (Å²) in [4.78, 5) is 60.0. The Morgan fingerprint density at radius 3 is 1.56 bits per heavy atom. The number of piperidine rings is 2. The Labute approximate surface area is 377 Å². The number of fused-ring (bicyclic) bond motifs is 2. The first-order valence-electron chi connectivity index (χ1n) is 22.0. The molecule has 2 aliphatic carbocycles. The molecule has 2 aromatic rings. The summed E-state index contributed by atoms with van der Waals surface area (Å²) in [6.45, 7) is 14.5. The van der Waals surface area contributed by atoms with Gasteiger partial charge in [0.05, 0.1) is 40.1 Å². The zero-order valence-electron chi connectivity index (χ0n) is 38.1. The average molecular weight is 888 g/mol. The smallest absolute Gasteiger partial charge is 0.306 e. The van der Waals surface area contributed by atoms with E-state index in [1.165, 1.54) is 0 Å². The van der Waals surface area contributed by atoms with Crippen LogP contribution in [0.5, 0.6) is 0 Å². The molecule has 2 unspecified atom stereocenters. The fourth-order valence-electron chi connectivity index (χ4n) is 7.89. The number of pyridine rings is 2. The molecule has 0 radical (unpaired) electrons. The summed E-state index contributed by atoms with van der Waals surface area (Å²) in [6, 6.07) is 7.91. The van der Waals surface area contributed by atoms with Crippen LogP contribution in [-0.4, -0.2) is 99.3 Å². The van der Waals surface area contributed by atoms with E-state index < -0.39 is 12.2 Å². The molecule has 2 atom stereocenters. The number of aliphatic hydroxyl groups is 1. The van der Waals surface area contributed by atoms with Crippen molar-refractivity contribution in [2.45, 2.75) is 142 Å². The number of halogens is 1. The fraction of sp³-hybridized carbons (Fsp3) is 0.583. The molecule has 0 aromatic carbocycles. The van der Waals surface area contributed by atoms with E-state index in [0.29, 0.717) is 61.8 Å². The van der Waals surface area contributed by atoms with Crippen LogP contribution in [0.15, 0.2) is 35.7 Å². The van der Waals surface area contributed by atoms with E-state index >= 15 is 0 Å². The van der Waals surface area contributed by atoms with Gasteiger partial charge in [-0.1, -0.05) is 26.7 Å². The van der Waals surface area contributed by atoms with E-state index in [1.54, 1.807) is 40.5 Å². The van der Waals surface area contributed by atoms with Gasteiger partial charge in [-0.2, -0.15) is 10.5 Å². The topological polar surface area (TPSA) is 196 Å². The minimum atomic E-state index is -0.701. The van der Waals surface area contributed by atoms with Crippen molar-refractivity contribution in [1.29, 1.82) is 10.5 Å². The van der Waals surface area contributed by atoms with Gasteiger partial charge < -0.3 is 29.1 Å². The summed E-state index contributed by atoms with van der Waals surface area (Å²) in [6.07, 6.45) is 10.3. The molecular formula is C48H63ClN6O8. The largest absolute Gasteiger partial charge is 0.456 e. The molecule has 4 aliphatic rings. The first-order chi connectivity index (χ1) is 30.0. The van der Waals surface area contributed by atoms with Gasteiger partial charge in [0.1, 0.15) is 29.4 Å². The number of aliphatic hydroxyl groups excluding tert-OH is 1. The van der Waals surface area contributed by atoms with Crippen LogP contribution in [0, 0.1) is 22.7 Å². The summed E-state index contributed by atoms with van der Waals surface area (Å²) in [7, 11) is 3.44. The molecule has 340 valence electrons.